The minimum atomic E-state index is -4.72. The van der Waals surface area contributed by atoms with E-state index in [-0.39, 0.29) is 11.7 Å². The number of rotatable bonds is 4. The second-order valence-corrected chi connectivity index (χ2v) is 4.78. The lowest BCUT2D eigenvalue weighted by Crippen LogP contribution is -2.16. The highest BCUT2D eigenvalue weighted by Gasteiger charge is 2.30. The summed E-state index contributed by atoms with van der Waals surface area (Å²) >= 11 is 0. The van der Waals surface area contributed by atoms with E-state index in [1.165, 1.54) is 31.2 Å². The van der Waals surface area contributed by atoms with E-state index in [0.29, 0.717) is 17.2 Å². The van der Waals surface area contributed by atoms with Gasteiger partial charge in [0.15, 0.2) is 0 Å². The van der Waals surface area contributed by atoms with Crippen LogP contribution in [0.4, 0.5) is 18.9 Å². The third-order valence-corrected chi connectivity index (χ3v) is 2.78. The molecule has 0 unspecified atom stereocenters. The first-order chi connectivity index (χ1) is 10.7. The van der Waals surface area contributed by atoms with Gasteiger partial charge in [0.1, 0.15) is 17.2 Å². The van der Waals surface area contributed by atoms with Gasteiger partial charge in [-0.05, 0) is 55.0 Å². The van der Waals surface area contributed by atoms with Crippen LogP contribution in [-0.2, 0) is 4.79 Å². The van der Waals surface area contributed by atoms with Crippen LogP contribution in [-0.4, -0.2) is 12.3 Å². The maximum Gasteiger partial charge on any atom is 0.573 e. The SMILES string of the molecule is CC(=O)Nc1ccc(Oc2ccc(OC(F)(F)F)cc2)c(C)c1. The standard InChI is InChI=1S/C16H14F3NO3/c1-10-9-12(20-11(2)21)3-8-15(10)22-13-4-6-14(7-5-13)23-16(17,18)19/h3-9H,1-2H3,(H,20,21). The minimum absolute atomic E-state index is 0.182. The first-order valence-corrected chi connectivity index (χ1v) is 6.65. The van der Waals surface area contributed by atoms with Crippen molar-refractivity contribution in [3.63, 3.8) is 0 Å². The quantitative estimate of drug-likeness (QED) is 0.890. The fourth-order valence-electron chi connectivity index (χ4n) is 1.88. The largest absolute Gasteiger partial charge is 0.573 e. The normalized spacial score (nSPS) is 11.0. The lowest BCUT2D eigenvalue weighted by atomic mass is 10.2. The van der Waals surface area contributed by atoms with Crippen LogP contribution in [0.15, 0.2) is 42.5 Å². The zero-order chi connectivity index (χ0) is 17.0. The zero-order valence-corrected chi connectivity index (χ0v) is 12.4. The maximum absolute atomic E-state index is 12.1. The van der Waals surface area contributed by atoms with Crippen molar-refractivity contribution < 1.29 is 27.4 Å². The molecule has 0 aromatic heterocycles. The van der Waals surface area contributed by atoms with Gasteiger partial charge in [0.05, 0.1) is 0 Å². The summed E-state index contributed by atoms with van der Waals surface area (Å²) in [6.07, 6.45) is -4.72. The zero-order valence-electron chi connectivity index (χ0n) is 12.4. The Hall–Kier alpha value is -2.70. The molecular formula is C16H14F3NO3. The van der Waals surface area contributed by atoms with E-state index < -0.39 is 6.36 Å². The number of nitrogens with one attached hydrogen (secondary N) is 1. The van der Waals surface area contributed by atoms with E-state index in [1.54, 1.807) is 25.1 Å². The molecule has 0 heterocycles. The first-order valence-electron chi connectivity index (χ1n) is 6.65. The molecule has 0 aliphatic heterocycles. The summed E-state index contributed by atoms with van der Waals surface area (Å²) in [7, 11) is 0. The molecule has 0 bridgehead atoms. The van der Waals surface area contributed by atoms with Crippen LogP contribution in [0.5, 0.6) is 17.2 Å². The Labute approximate surface area is 130 Å². The second-order valence-electron chi connectivity index (χ2n) is 4.78. The molecule has 2 aromatic rings. The van der Waals surface area contributed by atoms with E-state index in [1.807, 2.05) is 0 Å². The first kappa shape index (κ1) is 16.7. The van der Waals surface area contributed by atoms with Gasteiger partial charge in [-0.2, -0.15) is 0 Å². The molecule has 0 aliphatic rings. The number of carbonyl (C=O) groups is 1. The van der Waals surface area contributed by atoms with E-state index in [9.17, 15) is 18.0 Å². The fourth-order valence-corrected chi connectivity index (χ4v) is 1.88. The average molecular weight is 325 g/mol. The number of amides is 1. The van der Waals surface area contributed by atoms with Crippen LogP contribution < -0.4 is 14.8 Å². The van der Waals surface area contributed by atoms with Crippen LogP contribution in [0.1, 0.15) is 12.5 Å². The van der Waals surface area contributed by atoms with Crippen molar-refractivity contribution in [2.45, 2.75) is 20.2 Å². The molecule has 0 atom stereocenters. The molecule has 23 heavy (non-hydrogen) atoms. The molecular weight excluding hydrogens is 311 g/mol. The average Bonchev–Trinajstić information content (AvgIpc) is 2.41. The number of halogens is 3. The molecule has 1 amide bonds. The molecule has 2 rings (SSSR count). The predicted octanol–water partition coefficient (Wildman–Crippen LogP) is 4.64. The summed E-state index contributed by atoms with van der Waals surface area (Å²) in [4.78, 5) is 11.0. The Morgan fingerprint density at radius 2 is 1.65 bits per heavy atom. The van der Waals surface area contributed by atoms with Crippen molar-refractivity contribution >= 4 is 11.6 Å². The van der Waals surface area contributed by atoms with Gasteiger partial charge < -0.3 is 14.8 Å². The van der Waals surface area contributed by atoms with Gasteiger partial charge >= 0.3 is 6.36 Å². The number of alkyl halides is 3. The Balaban J connectivity index is 2.08. The number of aryl methyl sites for hydroxylation is 1. The Kier molecular flexibility index (Phi) is 4.78. The van der Waals surface area contributed by atoms with E-state index in [2.05, 4.69) is 10.1 Å². The molecule has 0 aliphatic carbocycles. The summed E-state index contributed by atoms with van der Waals surface area (Å²) in [5, 5.41) is 2.65. The summed E-state index contributed by atoms with van der Waals surface area (Å²) in [6.45, 7) is 3.20. The van der Waals surface area contributed by atoms with Gasteiger partial charge in [0, 0.05) is 12.6 Å². The van der Waals surface area contributed by atoms with Gasteiger partial charge in [0.2, 0.25) is 5.91 Å². The second kappa shape index (κ2) is 6.60. The third kappa shape index (κ3) is 5.21. The Morgan fingerprint density at radius 3 is 2.17 bits per heavy atom. The molecule has 122 valence electrons. The van der Waals surface area contributed by atoms with Crippen LogP contribution in [0.2, 0.25) is 0 Å². The molecule has 7 heteroatoms. The highest BCUT2D eigenvalue weighted by molar-refractivity contribution is 5.88. The van der Waals surface area contributed by atoms with Gasteiger partial charge in [-0.1, -0.05) is 0 Å². The molecule has 0 radical (unpaired) electrons. The number of benzene rings is 2. The number of hydrogen-bond acceptors (Lipinski definition) is 3. The highest BCUT2D eigenvalue weighted by atomic mass is 19.4. The Bertz CT molecular complexity index is 697. The van der Waals surface area contributed by atoms with Crippen LogP contribution in [0, 0.1) is 6.92 Å². The highest BCUT2D eigenvalue weighted by Crippen LogP contribution is 2.30. The maximum atomic E-state index is 12.1. The summed E-state index contributed by atoms with van der Waals surface area (Å²) in [6, 6.07) is 10.2. The predicted molar refractivity (Wildman–Crippen MR) is 78.7 cm³/mol. The molecule has 0 spiro atoms. The monoisotopic (exact) mass is 325 g/mol. The lowest BCUT2D eigenvalue weighted by Gasteiger charge is -2.12. The summed E-state index contributed by atoms with van der Waals surface area (Å²) in [5.74, 6) is 0.402. The summed E-state index contributed by atoms with van der Waals surface area (Å²) in [5.41, 5.74) is 1.41. The molecule has 1 N–H and O–H groups in total. The Morgan fingerprint density at radius 1 is 1.04 bits per heavy atom. The fraction of sp³-hybridized carbons (Fsp3) is 0.188. The van der Waals surface area contributed by atoms with E-state index >= 15 is 0 Å². The third-order valence-electron chi connectivity index (χ3n) is 2.78. The number of anilines is 1. The van der Waals surface area contributed by atoms with Gasteiger partial charge in [0.25, 0.3) is 0 Å². The topological polar surface area (TPSA) is 47.6 Å². The van der Waals surface area contributed by atoms with Crippen molar-refractivity contribution in [3.05, 3.63) is 48.0 Å². The molecule has 4 nitrogen and oxygen atoms in total. The molecule has 0 saturated heterocycles. The van der Waals surface area contributed by atoms with Gasteiger partial charge in [-0.25, -0.2) is 0 Å². The lowest BCUT2D eigenvalue weighted by molar-refractivity contribution is -0.274. The number of carbonyl (C=O) groups excluding carboxylic acids is 1. The van der Waals surface area contributed by atoms with Gasteiger partial charge in [-0.15, -0.1) is 13.2 Å². The minimum Gasteiger partial charge on any atom is -0.457 e. The molecule has 0 fully saturated rings. The van der Waals surface area contributed by atoms with Crippen molar-refractivity contribution in [2.24, 2.45) is 0 Å². The smallest absolute Gasteiger partial charge is 0.457 e. The van der Waals surface area contributed by atoms with E-state index in [4.69, 9.17) is 4.74 Å². The van der Waals surface area contributed by atoms with Crippen LogP contribution >= 0.6 is 0 Å². The van der Waals surface area contributed by atoms with Crippen molar-refractivity contribution in [2.75, 3.05) is 5.32 Å². The number of ether oxygens (including phenoxy) is 2. The van der Waals surface area contributed by atoms with Crippen molar-refractivity contribution in [3.8, 4) is 17.2 Å². The summed E-state index contributed by atoms with van der Waals surface area (Å²) < 4.78 is 45.7. The molecule has 2 aromatic carbocycles. The number of hydrogen-bond donors (Lipinski definition) is 1. The van der Waals surface area contributed by atoms with Crippen LogP contribution in [0.3, 0.4) is 0 Å². The van der Waals surface area contributed by atoms with Crippen LogP contribution in [0.25, 0.3) is 0 Å². The van der Waals surface area contributed by atoms with Crippen molar-refractivity contribution in [1.29, 1.82) is 0 Å². The van der Waals surface area contributed by atoms with E-state index in [0.717, 1.165) is 5.56 Å². The molecule has 0 saturated carbocycles. The van der Waals surface area contributed by atoms with Crippen molar-refractivity contribution in [1.82, 2.24) is 0 Å². The van der Waals surface area contributed by atoms with Gasteiger partial charge in [-0.3, -0.25) is 4.79 Å².